The Morgan fingerprint density at radius 2 is 2.04 bits per heavy atom. The zero-order valence-electron chi connectivity index (χ0n) is 13.9. The molecule has 3 rings (SSSR count). The average Bonchev–Trinajstić information content (AvgIpc) is 2.64. The maximum Gasteiger partial charge on any atom is 0.163 e. The van der Waals surface area contributed by atoms with Gasteiger partial charge in [0, 0.05) is 21.8 Å². The molecule has 1 N–H and O–H groups in total. The van der Waals surface area contributed by atoms with E-state index in [-0.39, 0.29) is 5.82 Å². The summed E-state index contributed by atoms with van der Waals surface area (Å²) in [4.78, 5) is 8.50. The third kappa shape index (κ3) is 4.16. The topological polar surface area (TPSA) is 56.3 Å². The van der Waals surface area contributed by atoms with E-state index in [4.69, 9.17) is 21.1 Å². The molecule has 136 valence electrons. The van der Waals surface area contributed by atoms with Gasteiger partial charge in [-0.15, -0.1) is 11.6 Å². The molecule has 0 fully saturated rings. The molecule has 8 heteroatoms. The Balaban J connectivity index is 1.98. The molecule has 0 saturated heterocycles. The van der Waals surface area contributed by atoms with Gasteiger partial charge in [0.15, 0.2) is 11.5 Å². The van der Waals surface area contributed by atoms with Crippen molar-refractivity contribution >= 4 is 49.9 Å². The lowest BCUT2D eigenvalue weighted by atomic mass is 10.2. The first-order valence-electron chi connectivity index (χ1n) is 7.86. The summed E-state index contributed by atoms with van der Waals surface area (Å²) in [6, 6.07) is 8.30. The van der Waals surface area contributed by atoms with Crippen LogP contribution in [-0.2, 0) is 0 Å². The van der Waals surface area contributed by atoms with E-state index in [2.05, 4.69) is 31.2 Å². The number of methoxy groups -OCH3 is 1. The summed E-state index contributed by atoms with van der Waals surface area (Å²) in [6.45, 7) is 0.478. The van der Waals surface area contributed by atoms with Gasteiger partial charge in [-0.05, 0) is 30.7 Å². The van der Waals surface area contributed by atoms with E-state index < -0.39 is 0 Å². The maximum absolute atomic E-state index is 14.1. The predicted molar refractivity (Wildman–Crippen MR) is 104 cm³/mol. The number of nitrogens with zero attached hydrogens (tertiary/aromatic N) is 2. The van der Waals surface area contributed by atoms with Gasteiger partial charge in [-0.2, -0.15) is 0 Å². The number of aromatic nitrogens is 2. The number of nitrogens with one attached hydrogen (secondary N) is 1. The van der Waals surface area contributed by atoms with Crippen LogP contribution in [0.3, 0.4) is 0 Å². The molecule has 0 saturated carbocycles. The zero-order valence-corrected chi connectivity index (χ0v) is 16.3. The second-order valence-electron chi connectivity index (χ2n) is 5.38. The highest BCUT2D eigenvalue weighted by Gasteiger charge is 2.13. The van der Waals surface area contributed by atoms with Gasteiger partial charge in [0.25, 0.3) is 0 Å². The maximum atomic E-state index is 14.1. The SMILES string of the molecule is COc1cc2c(Nc3ccc(Br)cc3F)ncnc2cc1OCCCCl. The highest BCUT2D eigenvalue weighted by molar-refractivity contribution is 9.10. The van der Waals surface area contributed by atoms with E-state index in [1.165, 1.54) is 12.4 Å². The van der Waals surface area contributed by atoms with Crippen LogP contribution in [0.15, 0.2) is 41.1 Å². The Hall–Kier alpha value is -2.12. The van der Waals surface area contributed by atoms with Crippen LogP contribution in [0.4, 0.5) is 15.9 Å². The lowest BCUT2D eigenvalue weighted by Gasteiger charge is -2.14. The van der Waals surface area contributed by atoms with Crippen LogP contribution in [0.5, 0.6) is 11.5 Å². The summed E-state index contributed by atoms with van der Waals surface area (Å²) in [5.41, 5.74) is 0.969. The van der Waals surface area contributed by atoms with E-state index in [0.29, 0.717) is 50.9 Å². The first-order valence-corrected chi connectivity index (χ1v) is 9.18. The molecule has 0 radical (unpaired) electrons. The molecule has 0 aliphatic heterocycles. The minimum absolute atomic E-state index is 0.314. The summed E-state index contributed by atoms with van der Waals surface area (Å²) in [5, 5.41) is 3.70. The molecule has 26 heavy (non-hydrogen) atoms. The molecule has 2 aromatic carbocycles. The van der Waals surface area contributed by atoms with Gasteiger partial charge in [0.2, 0.25) is 0 Å². The summed E-state index contributed by atoms with van der Waals surface area (Å²) in [6.07, 6.45) is 2.14. The number of alkyl halides is 1. The third-order valence-corrected chi connectivity index (χ3v) is 4.40. The van der Waals surface area contributed by atoms with E-state index >= 15 is 0 Å². The van der Waals surface area contributed by atoms with Crippen LogP contribution in [0, 0.1) is 5.82 Å². The van der Waals surface area contributed by atoms with Crippen LogP contribution < -0.4 is 14.8 Å². The zero-order chi connectivity index (χ0) is 18.5. The lowest BCUT2D eigenvalue weighted by Crippen LogP contribution is -2.02. The van der Waals surface area contributed by atoms with Gasteiger partial charge in [-0.25, -0.2) is 14.4 Å². The fourth-order valence-electron chi connectivity index (χ4n) is 2.39. The van der Waals surface area contributed by atoms with Gasteiger partial charge in [-0.3, -0.25) is 0 Å². The highest BCUT2D eigenvalue weighted by atomic mass is 79.9. The van der Waals surface area contributed by atoms with Crippen LogP contribution in [0.2, 0.25) is 0 Å². The quantitative estimate of drug-likeness (QED) is 0.399. The molecule has 0 aliphatic carbocycles. The van der Waals surface area contributed by atoms with Gasteiger partial charge >= 0.3 is 0 Å². The van der Waals surface area contributed by atoms with Crippen molar-refractivity contribution in [2.45, 2.75) is 6.42 Å². The number of halogens is 3. The molecule has 0 spiro atoms. The molecular formula is C18H16BrClFN3O2. The number of rotatable bonds is 7. The molecule has 0 aliphatic rings. The van der Waals surface area contributed by atoms with Crippen molar-refractivity contribution in [3.8, 4) is 11.5 Å². The van der Waals surface area contributed by atoms with Crippen molar-refractivity contribution in [2.75, 3.05) is 24.9 Å². The van der Waals surface area contributed by atoms with Crippen molar-refractivity contribution in [3.05, 3.63) is 46.9 Å². The van der Waals surface area contributed by atoms with Crippen LogP contribution in [0.25, 0.3) is 10.9 Å². The van der Waals surface area contributed by atoms with E-state index in [0.717, 1.165) is 6.42 Å². The van der Waals surface area contributed by atoms with Gasteiger partial charge in [0.05, 0.1) is 24.9 Å². The average molecular weight is 441 g/mol. The van der Waals surface area contributed by atoms with Crippen molar-refractivity contribution in [1.29, 1.82) is 0 Å². The molecule has 0 atom stereocenters. The predicted octanol–water partition coefficient (Wildman–Crippen LogP) is 5.29. The molecule has 0 unspecified atom stereocenters. The monoisotopic (exact) mass is 439 g/mol. The first kappa shape index (κ1) is 18.7. The van der Waals surface area contributed by atoms with Crippen LogP contribution >= 0.6 is 27.5 Å². The van der Waals surface area contributed by atoms with Crippen LogP contribution in [0.1, 0.15) is 6.42 Å². The molecular weight excluding hydrogens is 425 g/mol. The number of hydrogen-bond acceptors (Lipinski definition) is 5. The van der Waals surface area contributed by atoms with Gasteiger partial charge < -0.3 is 14.8 Å². The van der Waals surface area contributed by atoms with Crippen molar-refractivity contribution in [2.24, 2.45) is 0 Å². The molecule has 1 heterocycles. The van der Waals surface area contributed by atoms with Crippen LogP contribution in [-0.4, -0.2) is 29.6 Å². The Bertz CT molecular complexity index is 926. The van der Waals surface area contributed by atoms with Gasteiger partial charge in [-0.1, -0.05) is 15.9 Å². The Kier molecular flexibility index (Phi) is 6.11. The Labute approximate surface area is 163 Å². The summed E-state index contributed by atoms with van der Waals surface area (Å²) in [5.74, 6) is 1.72. The van der Waals surface area contributed by atoms with Crippen molar-refractivity contribution in [3.63, 3.8) is 0 Å². The van der Waals surface area contributed by atoms with E-state index in [9.17, 15) is 4.39 Å². The highest BCUT2D eigenvalue weighted by Crippen LogP contribution is 2.35. The summed E-state index contributed by atoms with van der Waals surface area (Å²) in [7, 11) is 1.56. The Morgan fingerprint density at radius 3 is 2.77 bits per heavy atom. The summed E-state index contributed by atoms with van der Waals surface area (Å²) < 4.78 is 25.9. The van der Waals surface area contributed by atoms with E-state index in [1.54, 1.807) is 31.4 Å². The number of anilines is 2. The fourth-order valence-corrected chi connectivity index (χ4v) is 2.83. The fraction of sp³-hybridized carbons (Fsp3) is 0.222. The second kappa shape index (κ2) is 8.51. The number of benzene rings is 2. The first-order chi connectivity index (χ1) is 12.6. The number of hydrogen-bond donors (Lipinski definition) is 1. The molecule has 5 nitrogen and oxygen atoms in total. The molecule has 0 amide bonds. The van der Waals surface area contributed by atoms with Gasteiger partial charge in [0.1, 0.15) is 18.0 Å². The third-order valence-electron chi connectivity index (χ3n) is 3.64. The Morgan fingerprint density at radius 1 is 1.19 bits per heavy atom. The summed E-state index contributed by atoms with van der Waals surface area (Å²) >= 11 is 8.93. The normalized spacial score (nSPS) is 10.8. The number of ether oxygens (including phenoxy) is 2. The smallest absolute Gasteiger partial charge is 0.163 e. The van der Waals surface area contributed by atoms with E-state index in [1.807, 2.05) is 0 Å². The minimum Gasteiger partial charge on any atom is -0.493 e. The number of fused-ring (bicyclic) bond motifs is 1. The lowest BCUT2D eigenvalue weighted by molar-refractivity contribution is 0.295. The largest absolute Gasteiger partial charge is 0.493 e. The van der Waals surface area contributed by atoms with Crippen molar-refractivity contribution < 1.29 is 13.9 Å². The molecule has 0 bridgehead atoms. The standard InChI is InChI=1S/C18H16BrClFN3O2/c1-25-16-8-12-15(9-17(16)26-6-2-5-20)22-10-23-18(12)24-14-4-3-11(19)7-13(14)21/h3-4,7-10H,2,5-6H2,1H3,(H,22,23,24). The minimum atomic E-state index is -0.390. The van der Waals surface area contributed by atoms with Crippen molar-refractivity contribution in [1.82, 2.24) is 9.97 Å². The molecule has 1 aromatic heterocycles. The second-order valence-corrected chi connectivity index (χ2v) is 6.68. The molecule has 3 aromatic rings.